The monoisotopic (exact) mass is 351 g/mol. The van der Waals surface area contributed by atoms with Gasteiger partial charge in [0, 0.05) is 37.9 Å². The van der Waals surface area contributed by atoms with Crippen molar-refractivity contribution < 1.29 is 9.59 Å². The first kappa shape index (κ1) is 18.1. The SMILES string of the molecule is CCN(Cc1ccccc1)C(=O)c1cc(C(=O)N2CCCCC2)ccn1. The Kier molecular flexibility index (Phi) is 6.00. The van der Waals surface area contributed by atoms with Gasteiger partial charge in [-0.15, -0.1) is 0 Å². The van der Waals surface area contributed by atoms with E-state index in [0.717, 1.165) is 31.5 Å². The normalized spacial score (nSPS) is 14.1. The minimum Gasteiger partial charge on any atom is -0.339 e. The summed E-state index contributed by atoms with van der Waals surface area (Å²) in [6.07, 6.45) is 4.82. The quantitative estimate of drug-likeness (QED) is 0.830. The van der Waals surface area contributed by atoms with Crippen LogP contribution >= 0.6 is 0 Å². The summed E-state index contributed by atoms with van der Waals surface area (Å²) in [6, 6.07) is 13.2. The fourth-order valence-electron chi connectivity index (χ4n) is 3.25. The van der Waals surface area contributed by atoms with Gasteiger partial charge in [-0.05, 0) is 43.9 Å². The number of benzene rings is 1. The molecule has 1 aliphatic rings. The number of nitrogens with zero attached hydrogens (tertiary/aromatic N) is 3. The number of pyridine rings is 1. The Morgan fingerprint density at radius 2 is 1.81 bits per heavy atom. The van der Waals surface area contributed by atoms with E-state index >= 15 is 0 Å². The van der Waals surface area contributed by atoms with E-state index in [1.54, 1.807) is 23.2 Å². The molecular weight excluding hydrogens is 326 g/mol. The Hall–Kier alpha value is -2.69. The van der Waals surface area contributed by atoms with Gasteiger partial charge in [-0.1, -0.05) is 30.3 Å². The number of hydrogen-bond donors (Lipinski definition) is 0. The molecule has 0 bridgehead atoms. The van der Waals surface area contributed by atoms with Gasteiger partial charge in [0.1, 0.15) is 5.69 Å². The third-order valence-electron chi connectivity index (χ3n) is 4.75. The lowest BCUT2D eigenvalue weighted by Crippen LogP contribution is -2.36. The number of carbonyl (C=O) groups is 2. The number of hydrogen-bond acceptors (Lipinski definition) is 3. The molecule has 2 amide bonds. The van der Waals surface area contributed by atoms with Crippen LogP contribution in [0, 0.1) is 0 Å². The lowest BCUT2D eigenvalue weighted by Gasteiger charge is -2.27. The molecule has 1 saturated heterocycles. The van der Waals surface area contributed by atoms with Gasteiger partial charge in [0.05, 0.1) is 0 Å². The number of rotatable bonds is 5. The number of amides is 2. The standard InChI is InChI=1S/C21H25N3O2/c1-2-23(16-17-9-5-3-6-10-17)21(26)19-15-18(11-12-22-19)20(25)24-13-7-4-8-14-24/h3,5-6,9-12,15H,2,4,7-8,13-14,16H2,1H3. The number of carbonyl (C=O) groups excluding carboxylic acids is 2. The maximum absolute atomic E-state index is 12.9. The largest absolute Gasteiger partial charge is 0.339 e. The van der Waals surface area contributed by atoms with E-state index < -0.39 is 0 Å². The summed E-state index contributed by atoms with van der Waals surface area (Å²) in [7, 11) is 0. The van der Waals surface area contributed by atoms with Gasteiger partial charge >= 0.3 is 0 Å². The minimum absolute atomic E-state index is 0.00717. The first-order valence-electron chi connectivity index (χ1n) is 9.27. The first-order chi connectivity index (χ1) is 12.7. The first-order valence-corrected chi connectivity index (χ1v) is 9.27. The van der Waals surface area contributed by atoms with Gasteiger partial charge in [0.25, 0.3) is 11.8 Å². The van der Waals surface area contributed by atoms with E-state index in [1.807, 2.05) is 42.2 Å². The summed E-state index contributed by atoms with van der Waals surface area (Å²) in [5.41, 5.74) is 1.94. The van der Waals surface area contributed by atoms with Crippen LogP contribution in [0.15, 0.2) is 48.7 Å². The zero-order valence-corrected chi connectivity index (χ0v) is 15.2. The molecule has 2 aromatic rings. The highest BCUT2D eigenvalue weighted by atomic mass is 16.2. The van der Waals surface area contributed by atoms with E-state index in [2.05, 4.69) is 4.98 Å². The fourth-order valence-corrected chi connectivity index (χ4v) is 3.25. The van der Waals surface area contributed by atoms with Crippen molar-refractivity contribution in [1.82, 2.24) is 14.8 Å². The van der Waals surface area contributed by atoms with Crippen LogP contribution in [0.4, 0.5) is 0 Å². The van der Waals surface area contributed by atoms with Crippen LogP contribution < -0.4 is 0 Å². The summed E-state index contributed by atoms with van der Waals surface area (Å²) >= 11 is 0. The second-order valence-electron chi connectivity index (χ2n) is 6.59. The van der Waals surface area contributed by atoms with E-state index in [4.69, 9.17) is 0 Å². The summed E-state index contributed by atoms with van der Waals surface area (Å²) < 4.78 is 0. The minimum atomic E-state index is -0.148. The topological polar surface area (TPSA) is 53.5 Å². The number of piperidine rings is 1. The van der Waals surface area contributed by atoms with Crippen molar-refractivity contribution >= 4 is 11.8 Å². The molecule has 0 unspecified atom stereocenters. The van der Waals surface area contributed by atoms with E-state index in [1.165, 1.54) is 6.42 Å². The van der Waals surface area contributed by atoms with Gasteiger partial charge < -0.3 is 9.80 Å². The molecule has 2 heterocycles. The molecule has 3 rings (SSSR count). The van der Waals surface area contributed by atoms with Crippen molar-refractivity contribution in [2.45, 2.75) is 32.7 Å². The molecule has 1 aromatic heterocycles. The molecule has 0 saturated carbocycles. The van der Waals surface area contributed by atoms with Crippen molar-refractivity contribution in [3.8, 4) is 0 Å². The van der Waals surface area contributed by atoms with Crippen LogP contribution in [0.3, 0.4) is 0 Å². The molecule has 5 nitrogen and oxygen atoms in total. The number of aromatic nitrogens is 1. The van der Waals surface area contributed by atoms with Crippen LogP contribution in [0.1, 0.15) is 52.6 Å². The maximum atomic E-state index is 12.9. The third-order valence-corrected chi connectivity index (χ3v) is 4.75. The summed E-state index contributed by atoms with van der Waals surface area (Å²) in [5.74, 6) is -0.156. The molecule has 0 aliphatic carbocycles. The Labute approximate surface area is 154 Å². The summed E-state index contributed by atoms with van der Waals surface area (Å²) in [4.78, 5) is 33.4. The van der Waals surface area contributed by atoms with Gasteiger partial charge in [-0.3, -0.25) is 14.6 Å². The molecule has 1 aliphatic heterocycles. The molecule has 0 N–H and O–H groups in total. The zero-order valence-electron chi connectivity index (χ0n) is 15.2. The highest BCUT2D eigenvalue weighted by Gasteiger charge is 2.21. The summed E-state index contributed by atoms with van der Waals surface area (Å²) in [6.45, 7) is 4.64. The molecule has 1 aromatic carbocycles. The molecule has 136 valence electrons. The fraction of sp³-hybridized carbons (Fsp3) is 0.381. The predicted octanol–water partition coefficient (Wildman–Crippen LogP) is 3.37. The van der Waals surface area contributed by atoms with Crippen molar-refractivity contribution in [2.24, 2.45) is 0 Å². The maximum Gasteiger partial charge on any atom is 0.272 e. The van der Waals surface area contributed by atoms with Gasteiger partial charge in [0.2, 0.25) is 0 Å². The molecule has 0 atom stereocenters. The van der Waals surface area contributed by atoms with Gasteiger partial charge in [0.15, 0.2) is 0 Å². The molecule has 26 heavy (non-hydrogen) atoms. The van der Waals surface area contributed by atoms with Crippen LogP contribution in [0.5, 0.6) is 0 Å². The van der Waals surface area contributed by atoms with Crippen LogP contribution in [0.25, 0.3) is 0 Å². The van der Waals surface area contributed by atoms with E-state index in [-0.39, 0.29) is 11.8 Å². The van der Waals surface area contributed by atoms with Crippen molar-refractivity contribution in [3.05, 3.63) is 65.5 Å². The smallest absolute Gasteiger partial charge is 0.272 e. The zero-order chi connectivity index (χ0) is 18.4. The highest BCUT2D eigenvalue weighted by molar-refractivity contribution is 5.98. The number of likely N-dealkylation sites (tertiary alicyclic amines) is 1. The Bertz CT molecular complexity index is 755. The molecule has 0 spiro atoms. The molecule has 1 fully saturated rings. The van der Waals surface area contributed by atoms with Gasteiger partial charge in [-0.25, -0.2) is 0 Å². The van der Waals surface area contributed by atoms with Crippen molar-refractivity contribution in [1.29, 1.82) is 0 Å². The van der Waals surface area contributed by atoms with E-state index in [0.29, 0.717) is 24.3 Å². The lowest BCUT2D eigenvalue weighted by molar-refractivity contribution is 0.0724. The molecule has 5 heteroatoms. The Morgan fingerprint density at radius 3 is 2.50 bits per heavy atom. The highest BCUT2D eigenvalue weighted by Crippen LogP contribution is 2.15. The van der Waals surface area contributed by atoms with Crippen LogP contribution in [-0.4, -0.2) is 46.2 Å². The van der Waals surface area contributed by atoms with Crippen LogP contribution in [-0.2, 0) is 6.54 Å². The average molecular weight is 351 g/mol. The van der Waals surface area contributed by atoms with E-state index in [9.17, 15) is 9.59 Å². The van der Waals surface area contributed by atoms with Crippen LogP contribution in [0.2, 0.25) is 0 Å². The third kappa shape index (κ3) is 4.28. The molecular formula is C21H25N3O2. The van der Waals surface area contributed by atoms with Crippen molar-refractivity contribution in [3.63, 3.8) is 0 Å². The predicted molar refractivity (Wildman–Crippen MR) is 101 cm³/mol. The Balaban J connectivity index is 1.75. The Morgan fingerprint density at radius 1 is 1.08 bits per heavy atom. The van der Waals surface area contributed by atoms with Crippen molar-refractivity contribution in [2.75, 3.05) is 19.6 Å². The average Bonchev–Trinajstić information content (AvgIpc) is 2.72. The molecule has 0 radical (unpaired) electrons. The van der Waals surface area contributed by atoms with Gasteiger partial charge in [-0.2, -0.15) is 0 Å². The second kappa shape index (κ2) is 8.61. The second-order valence-corrected chi connectivity index (χ2v) is 6.59. The summed E-state index contributed by atoms with van der Waals surface area (Å²) in [5, 5.41) is 0. The lowest BCUT2D eigenvalue weighted by atomic mass is 10.1.